The van der Waals surface area contributed by atoms with Crippen molar-refractivity contribution in [2.45, 2.75) is 13.8 Å². The fraction of sp³-hybridized carbons (Fsp3) is 0.0645. The number of hydrogen-bond acceptors (Lipinski definition) is 5. The molecule has 0 bridgehead atoms. The van der Waals surface area contributed by atoms with Crippen LogP contribution >= 0.6 is 0 Å². The van der Waals surface area contributed by atoms with E-state index in [2.05, 4.69) is 97.1 Å². The standard InChI is InChI=1S/C58H36N2O2.C4H10O.Fe/c61-57-45(23-19-37-17-21-43-29-39-11-1-3-13-41(39)31-49(43)53(37)57)33-59-51-27-25-35-9-5-7-15-47(35)55(51)56-48-16-8-6-10-36(48)26-28-52(56)60-34-46-24-20-38-18-22-44-30-40-12-2-4-14-42(40)32-50(44)54(38)58(46)62;1-3-5-4-2;/h1-34,61-62H;3-4H2,1-2H3;/q;;+2/p-2. The van der Waals surface area contributed by atoms with E-state index in [-0.39, 0.29) is 28.6 Å². The van der Waals surface area contributed by atoms with Crippen LogP contribution in [-0.4, -0.2) is 25.6 Å². The molecule has 5 nitrogen and oxygen atoms in total. The third kappa shape index (κ3) is 7.99. The molecular weight excluding hydrogens is 877 g/mol. The number of nitrogens with zero attached hydrogens (tertiary/aromatic N) is 2. The Labute approximate surface area is 404 Å². The van der Waals surface area contributed by atoms with Crippen LogP contribution in [0, 0.1) is 0 Å². The third-order valence-electron chi connectivity index (χ3n) is 12.9. The van der Waals surface area contributed by atoms with Crippen LogP contribution in [0.25, 0.3) is 97.3 Å². The molecule has 12 aromatic carbocycles. The van der Waals surface area contributed by atoms with E-state index in [0.29, 0.717) is 33.3 Å². The first-order valence-corrected chi connectivity index (χ1v) is 22.8. The summed E-state index contributed by atoms with van der Waals surface area (Å²) in [6.45, 7) is 5.67. The number of ether oxygens (including phenoxy) is 1. The SMILES string of the molecule is CCOCC.[Fe+2].[O-]c1c(C=Nc2ccc3ccccc3c2-c2c(N=Cc3ccc4ccc5cc6ccccc6cc5c4c3[O-])ccc3ccccc23)ccc2ccc3cc4ccccc4cc3c12. The Hall–Kier alpha value is -7.86. The zero-order valence-electron chi connectivity index (χ0n) is 37.5. The van der Waals surface area contributed by atoms with Gasteiger partial charge in [0.2, 0.25) is 0 Å². The smallest absolute Gasteiger partial charge is 0.872 e. The van der Waals surface area contributed by atoms with Gasteiger partial charge in [0, 0.05) is 36.8 Å². The van der Waals surface area contributed by atoms with E-state index in [1.165, 1.54) is 0 Å². The molecule has 0 aliphatic heterocycles. The summed E-state index contributed by atoms with van der Waals surface area (Å²) in [7, 11) is 0. The number of rotatable bonds is 7. The van der Waals surface area contributed by atoms with E-state index in [4.69, 9.17) is 14.7 Å². The minimum atomic E-state index is -0.0605. The fourth-order valence-corrected chi connectivity index (χ4v) is 9.59. The maximum absolute atomic E-state index is 14.4. The molecule has 0 amide bonds. The molecule has 0 heterocycles. The van der Waals surface area contributed by atoms with E-state index in [1.54, 1.807) is 12.4 Å². The monoisotopic (exact) mass is 920 g/mol. The molecule has 0 saturated heterocycles. The summed E-state index contributed by atoms with van der Waals surface area (Å²) in [5, 5.41) is 44.5. The van der Waals surface area contributed by atoms with Crippen LogP contribution < -0.4 is 10.2 Å². The molecule has 12 rings (SSSR count). The molecular formula is C62H44FeN2O3. The summed E-state index contributed by atoms with van der Waals surface area (Å²) in [5.74, 6) is -0.121. The van der Waals surface area contributed by atoms with Crippen molar-refractivity contribution >= 4 is 110 Å². The zero-order chi connectivity index (χ0) is 45.4. The van der Waals surface area contributed by atoms with Crippen LogP contribution in [0.1, 0.15) is 25.0 Å². The van der Waals surface area contributed by atoms with Gasteiger partial charge in [-0.05, 0) is 148 Å². The second kappa shape index (κ2) is 18.8. The van der Waals surface area contributed by atoms with Crippen LogP contribution in [0.2, 0.25) is 0 Å². The second-order valence-corrected chi connectivity index (χ2v) is 16.8. The summed E-state index contributed by atoms with van der Waals surface area (Å²) in [6, 6.07) is 65.7. The molecule has 0 aliphatic rings. The Kier molecular flexibility index (Phi) is 12.2. The Balaban J connectivity index is 0.000000856. The van der Waals surface area contributed by atoms with Crippen LogP contribution in [0.3, 0.4) is 0 Å². The molecule has 0 atom stereocenters. The minimum absolute atomic E-state index is 0. The molecule has 0 spiro atoms. The first kappa shape index (κ1) is 44.0. The molecule has 0 unspecified atom stereocenters. The summed E-state index contributed by atoms with van der Waals surface area (Å²) in [5.41, 5.74) is 4.21. The maximum Gasteiger partial charge on any atom is 2.00 e. The molecule has 0 saturated carbocycles. The van der Waals surface area contributed by atoms with Crippen molar-refractivity contribution in [1.82, 2.24) is 0 Å². The molecule has 68 heavy (non-hydrogen) atoms. The molecule has 6 heteroatoms. The molecule has 0 fully saturated rings. The van der Waals surface area contributed by atoms with E-state index < -0.39 is 0 Å². The first-order valence-electron chi connectivity index (χ1n) is 22.8. The Morgan fingerprint density at radius 2 is 0.706 bits per heavy atom. The topological polar surface area (TPSA) is 80.1 Å². The first-order chi connectivity index (χ1) is 33.0. The van der Waals surface area contributed by atoms with Gasteiger partial charge in [0.1, 0.15) is 0 Å². The van der Waals surface area contributed by atoms with E-state index in [9.17, 15) is 10.2 Å². The molecule has 0 aromatic heterocycles. The van der Waals surface area contributed by atoms with Gasteiger partial charge in [-0.15, -0.1) is 0 Å². The van der Waals surface area contributed by atoms with Crippen molar-refractivity contribution in [1.29, 1.82) is 0 Å². The van der Waals surface area contributed by atoms with Crippen LogP contribution in [0.15, 0.2) is 204 Å². The van der Waals surface area contributed by atoms with Gasteiger partial charge in [-0.1, -0.05) is 169 Å². The van der Waals surface area contributed by atoms with Gasteiger partial charge in [0.25, 0.3) is 0 Å². The van der Waals surface area contributed by atoms with Gasteiger partial charge < -0.3 is 14.9 Å². The minimum Gasteiger partial charge on any atom is -0.872 e. The predicted molar refractivity (Wildman–Crippen MR) is 280 cm³/mol. The zero-order valence-corrected chi connectivity index (χ0v) is 38.6. The Bertz CT molecular complexity index is 3710. The third-order valence-corrected chi connectivity index (χ3v) is 12.9. The van der Waals surface area contributed by atoms with Crippen LogP contribution in [-0.2, 0) is 21.8 Å². The van der Waals surface area contributed by atoms with Crippen molar-refractivity contribution in [3.05, 3.63) is 205 Å². The van der Waals surface area contributed by atoms with Crippen LogP contribution in [0.5, 0.6) is 11.5 Å². The van der Waals surface area contributed by atoms with Gasteiger partial charge in [0.15, 0.2) is 0 Å². The van der Waals surface area contributed by atoms with Gasteiger partial charge >= 0.3 is 17.1 Å². The molecule has 0 radical (unpaired) electrons. The number of aliphatic imine (C=N–C) groups is 2. The normalized spacial score (nSPS) is 11.7. The van der Waals surface area contributed by atoms with Gasteiger partial charge in [-0.3, -0.25) is 9.98 Å². The Morgan fingerprint density at radius 1 is 0.368 bits per heavy atom. The number of hydrogen-bond donors (Lipinski definition) is 0. The summed E-state index contributed by atoms with van der Waals surface area (Å²) >= 11 is 0. The van der Waals surface area contributed by atoms with Crippen molar-refractivity contribution in [3.63, 3.8) is 0 Å². The molecule has 12 aromatic rings. The summed E-state index contributed by atoms with van der Waals surface area (Å²) in [4.78, 5) is 10.3. The molecule has 0 N–H and O–H groups in total. The van der Waals surface area contributed by atoms with Gasteiger partial charge in [-0.25, -0.2) is 0 Å². The number of benzene rings is 12. The van der Waals surface area contributed by atoms with Crippen molar-refractivity contribution in [3.8, 4) is 22.6 Å². The average molecular weight is 921 g/mol. The quantitative estimate of drug-likeness (QED) is 0.0691. The summed E-state index contributed by atoms with van der Waals surface area (Å²) < 4.78 is 4.83. The van der Waals surface area contributed by atoms with Gasteiger partial charge in [0.05, 0.1) is 11.4 Å². The maximum atomic E-state index is 14.4. The van der Waals surface area contributed by atoms with Crippen LogP contribution in [0.4, 0.5) is 11.4 Å². The summed E-state index contributed by atoms with van der Waals surface area (Å²) in [6.07, 6.45) is 3.41. The average Bonchev–Trinajstić information content (AvgIpc) is 3.37. The van der Waals surface area contributed by atoms with E-state index in [1.807, 2.05) is 111 Å². The fourth-order valence-electron chi connectivity index (χ4n) is 9.59. The Morgan fingerprint density at radius 3 is 1.10 bits per heavy atom. The largest absolute Gasteiger partial charge is 2.00 e. The predicted octanol–water partition coefficient (Wildman–Crippen LogP) is 15.3. The molecule has 328 valence electrons. The van der Waals surface area contributed by atoms with Crippen molar-refractivity contribution in [2.24, 2.45) is 9.98 Å². The number of fused-ring (bicyclic) bond motifs is 10. The van der Waals surface area contributed by atoms with Gasteiger partial charge in [-0.2, -0.15) is 0 Å². The molecule has 0 aliphatic carbocycles. The van der Waals surface area contributed by atoms with Crippen molar-refractivity contribution < 1.29 is 32.0 Å². The second-order valence-electron chi connectivity index (χ2n) is 16.8. The van der Waals surface area contributed by atoms with E-state index in [0.717, 1.165) is 99.7 Å². The van der Waals surface area contributed by atoms with E-state index >= 15 is 0 Å². The van der Waals surface area contributed by atoms with Crippen molar-refractivity contribution in [2.75, 3.05) is 13.2 Å².